The number of fused-ring (bicyclic) bond motifs is 1. The van der Waals surface area contributed by atoms with E-state index in [2.05, 4.69) is 39.9 Å². The van der Waals surface area contributed by atoms with E-state index >= 15 is 0 Å². The zero-order valence-electron chi connectivity index (χ0n) is 9.37. The summed E-state index contributed by atoms with van der Waals surface area (Å²) in [6.45, 7) is 1.87. The van der Waals surface area contributed by atoms with Crippen LogP contribution < -0.4 is 10.6 Å². The fraction of sp³-hybridized carbons (Fsp3) is 0.462. The summed E-state index contributed by atoms with van der Waals surface area (Å²) in [6, 6.07) is 9.18. The van der Waals surface area contributed by atoms with E-state index in [-0.39, 0.29) is 0 Å². The van der Waals surface area contributed by atoms with Crippen molar-refractivity contribution in [2.45, 2.75) is 25.3 Å². The minimum Gasteiger partial charge on any atom is -0.355 e. The van der Waals surface area contributed by atoms with Crippen molar-refractivity contribution in [1.29, 1.82) is 0 Å². The molecular formula is C13H17N3. The molecular weight excluding hydrogens is 198 g/mol. The molecule has 1 aromatic carbocycles. The van der Waals surface area contributed by atoms with Crippen molar-refractivity contribution in [3.63, 3.8) is 0 Å². The first-order valence-electron chi connectivity index (χ1n) is 6.06. The number of hydrogen-bond donors (Lipinski definition) is 2. The molecule has 1 atom stereocenters. The highest BCUT2D eigenvalue weighted by Crippen LogP contribution is 2.29. The van der Waals surface area contributed by atoms with Gasteiger partial charge in [-0.05, 0) is 30.4 Å². The summed E-state index contributed by atoms with van der Waals surface area (Å²) in [6.07, 6.45) is 3.69. The Bertz CT molecular complexity index is 411. The topological polar surface area (TPSA) is 36.4 Å². The normalized spacial score (nSPS) is 23.2. The van der Waals surface area contributed by atoms with Gasteiger partial charge in [-0.3, -0.25) is 4.99 Å². The lowest BCUT2D eigenvalue weighted by atomic mass is 9.88. The van der Waals surface area contributed by atoms with Gasteiger partial charge in [0.1, 0.15) is 0 Å². The largest absolute Gasteiger partial charge is 0.355 e. The molecule has 0 fully saturated rings. The first-order valence-corrected chi connectivity index (χ1v) is 6.06. The van der Waals surface area contributed by atoms with E-state index in [1.165, 1.54) is 30.4 Å². The Kier molecular flexibility index (Phi) is 2.52. The van der Waals surface area contributed by atoms with Gasteiger partial charge in [-0.2, -0.15) is 0 Å². The van der Waals surface area contributed by atoms with Crippen molar-refractivity contribution >= 4 is 5.96 Å². The summed E-state index contributed by atoms with van der Waals surface area (Å²) in [7, 11) is 0. The van der Waals surface area contributed by atoms with E-state index in [0.717, 1.165) is 19.0 Å². The van der Waals surface area contributed by atoms with Gasteiger partial charge in [-0.15, -0.1) is 0 Å². The molecule has 0 saturated heterocycles. The number of aliphatic imine (C=N–C) groups is 1. The van der Waals surface area contributed by atoms with Crippen LogP contribution in [0.2, 0.25) is 0 Å². The second-order valence-corrected chi connectivity index (χ2v) is 4.45. The van der Waals surface area contributed by atoms with E-state index in [9.17, 15) is 0 Å². The number of hydrogen-bond acceptors (Lipinski definition) is 3. The molecule has 0 aromatic heterocycles. The van der Waals surface area contributed by atoms with Crippen molar-refractivity contribution in [2.24, 2.45) is 4.99 Å². The van der Waals surface area contributed by atoms with E-state index in [1.807, 2.05) is 0 Å². The standard InChI is InChI=1S/C13H17N3/c1-2-6-11-10(4-1)5-3-7-12(11)16-13-14-8-9-15-13/h1-2,4,6,12H,3,5,7-9H2,(H2,14,15,16)/t12-/m0/s1. The smallest absolute Gasteiger partial charge is 0.191 e. The number of aryl methyl sites for hydroxylation is 1. The summed E-state index contributed by atoms with van der Waals surface area (Å²) in [4.78, 5) is 4.40. The SMILES string of the molecule is c1ccc2c(c1)CCC[C@@H]2NC1=NCCN1. The number of benzene rings is 1. The maximum Gasteiger partial charge on any atom is 0.191 e. The van der Waals surface area contributed by atoms with Crippen molar-refractivity contribution in [3.05, 3.63) is 35.4 Å². The van der Waals surface area contributed by atoms with Gasteiger partial charge < -0.3 is 10.6 Å². The Morgan fingerprint density at radius 2 is 2.25 bits per heavy atom. The first kappa shape index (κ1) is 9.70. The van der Waals surface area contributed by atoms with E-state index < -0.39 is 0 Å². The van der Waals surface area contributed by atoms with E-state index in [0.29, 0.717) is 6.04 Å². The van der Waals surface area contributed by atoms with Gasteiger partial charge in [0.25, 0.3) is 0 Å². The molecule has 1 aliphatic heterocycles. The average molecular weight is 215 g/mol. The summed E-state index contributed by atoms with van der Waals surface area (Å²) in [5, 5.41) is 6.79. The maximum atomic E-state index is 4.40. The summed E-state index contributed by atoms with van der Waals surface area (Å²) in [5.41, 5.74) is 2.94. The van der Waals surface area contributed by atoms with Gasteiger partial charge in [-0.1, -0.05) is 24.3 Å². The van der Waals surface area contributed by atoms with Crippen molar-refractivity contribution in [3.8, 4) is 0 Å². The van der Waals surface area contributed by atoms with Crippen LogP contribution in [-0.2, 0) is 6.42 Å². The lowest BCUT2D eigenvalue weighted by Gasteiger charge is -2.27. The molecule has 1 aromatic rings. The number of nitrogens with zero attached hydrogens (tertiary/aromatic N) is 1. The Morgan fingerprint density at radius 3 is 3.12 bits per heavy atom. The van der Waals surface area contributed by atoms with Crippen molar-refractivity contribution in [1.82, 2.24) is 10.6 Å². The minimum absolute atomic E-state index is 0.439. The molecule has 16 heavy (non-hydrogen) atoms. The molecule has 84 valence electrons. The van der Waals surface area contributed by atoms with Crippen LogP contribution in [0.3, 0.4) is 0 Å². The van der Waals surface area contributed by atoms with Gasteiger partial charge in [0.15, 0.2) is 5.96 Å². The van der Waals surface area contributed by atoms with Crippen LogP contribution in [0.4, 0.5) is 0 Å². The predicted octanol–water partition coefficient (Wildman–Crippen LogP) is 1.61. The van der Waals surface area contributed by atoms with Gasteiger partial charge in [-0.25, -0.2) is 0 Å². The third-order valence-corrected chi connectivity index (χ3v) is 3.35. The molecule has 1 aliphatic carbocycles. The van der Waals surface area contributed by atoms with Gasteiger partial charge in [0.05, 0.1) is 12.6 Å². The Morgan fingerprint density at radius 1 is 1.31 bits per heavy atom. The molecule has 0 saturated carbocycles. The summed E-state index contributed by atoms with van der Waals surface area (Å²) >= 11 is 0. The number of guanidine groups is 1. The molecule has 0 amide bonds. The van der Waals surface area contributed by atoms with Gasteiger partial charge >= 0.3 is 0 Å². The second kappa shape index (κ2) is 4.16. The Balaban J connectivity index is 1.81. The highest BCUT2D eigenvalue weighted by atomic mass is 15.2. The molecule has 0 unspecified atom stereocenters. The highest BCUT2D eigenvalue weighted by molar-refractivity contribution is 5.81. The molecule has 0 spiro atoms. The zero-order chi connectivity index (χ0) is 10.8. The molecule has 2 N–H and O–H groups in total. The molecule has 3 nitrogen and oxygen atoms in total. The lowest BCUT2D eigenvalue weighted by molar-refractivity contribution is 0.523. The number of nitrogens with one attached hydrogen (secondary N) is 2. The predicted molar refractivity (Wildman–Crippen MR) is 65.6 cm³/mol. The van der Waals surface area contributed by atoms with Crippen LogP contribution in [0.5, 0.6) is 0 Å². The first-order chi connectivity index (χ1) is 7.93. The van der Waals surface area contributed by atoms with Crippen LogP contribution in [0.15, 0.2) is 29.3 Å². The molecule has 0 radical (unpaired) electrons. The van der Waals surface area contributed by atoms with Gasteiger partial charge in [0, 0.05) is 6.54 Å². The van der Waals surface area contributed by atoms with Crippen LogP contribution in [-0.4, -0.2) is 19.0 Å². The van der Waals surface area contributed by atoms with Crippen LogP contribution >= 0.6 is 0 Å². The lowest BCUT2D eigenvalue weighted by Crippen LogP contribution is -2.37. The average Bonchev–Trinajstić information content (AvgIpc) is 2.82. The highest BCUT2D eigenvalue weighted by Gasteiger charge is 2.21. The molecule has 1 heterocycles. The molecule has 3 rings (SSSR count). The fourth-order valence-corrected chi connectivity index (χ4v) is 2.56. The van der Waals surface area contributed by atoms with Crippen molar-refractivity contribution < 1.29 is 0 Å². The zero-order valence-corrected chi connectivity index (χ0v) is 9.37. The van der Waals surface area contributed by atoms with Crippen LogP contribution in [0.25, 0.3) is 0 Å². The van der Waals surface area contributed by atoms with E-state index in [4.69, 9.17) is 0 Å². The minimum atomic E-state index is 0.439. The summed E-state index contributed by atoms with van der Waals surface area (Å²) < 4.78 is 0. The van der Waals surface area contributed by atoms with Gasteiger partial charge in [0.2, 0.25) is 0 Å². The van der Waals surface area contributed by atoms with Crippen LogP contribution in [0, 0.1) is 0 Å². The third kappa shape index (κ3) is 1.77. The molecule has 3 heteroatoms. The van der Waals surface area contributed by atoms with Crippen molar-refractivity contribution in [2.75, 3.05) is 13.1 Å². The van der Waals surface area contributed by atoms with E-state index in [1.54, 1.807) is 0 Å². The molecule has 0 bridgehead atoms. The summed E-state index contributed by atoms with van der Waals surface area (Å²) in [5.74, 6) is 0.974. The maximum absolute atomic E-state index is 4.40. The monoisotopic (exact) mass is 215 g/mol. The van der Waals surface area contributed by atoms with Crippen LogP contribution in [0.1, 0.15) is 30.0 Å². The second-order valence-electron chi connectivity index (χ2n) is 4.45. The molecule has 2 aliphatic rings. The third-order valence-electron chi connectivity index (χ3n) is 3.35. The number of rotatable bonds is 1. The fourth-order valence-electron chi connectivity index (χ4n) is 2.56. The Labute approximate surface area is 96.0 Å². The Hall–Kier alpha value is -1.51. The quantitative estimate of drug-likeness (QED) is 0.746.